The molecule has 4 nitrogen and oxygen atoms in total. The summed E-state index contributed by atoms with van der Waals surface area (Å²) < 4.78 is 5.76. The largest absolute Gasteiger partial charge is 0.493 e. The molecular weight excluding hydrogens is 240 g/mol. The van der Waals surface area contributed by atoms with Gasteiger partial charge in [-0.2, -0.15) is 0 Å². The average Bonchev–Trinajstić information content (AvgIpc) is 2.34. The van der Waals surface area contributed by atoms with E-state index in [9.17, 15) is 4.79 Å². The number of ether oxygens (including phenoxy) is 1. The number of carbonyl (C=O) groups excluding carboxylic acids is 1. The van der Waals surface area contributed by atoms with Gasteiger partial charge in [-0.1, -0.05) is 32.0 Å². The number of para-hydroxylation sites is 1. The van der Waals surface area contributed by atoms with E-state index >= 15 is 0 Å². The van der Waals surface area contributed by atoms with Gasteiger partial charge in [-0.3, -0.25) is 10.2 Å². The molecule has 0 fully saturated rings. The van der Waals surface area contributed by atoms with Gasteiger partial charge in [0.05, 0.1) is 6.61 Å². The molecule has 0 saturated carbocycles. The number of benzene rings is 1. The maximum absolute atomic E-state index is 11.4. The molecule has 0 aliphatic carbocycles. The zero-order chi connectivity index (χ0) is 14.3. The molecule has 0 unspecified atom stereocenters. The van der Waals surface area contributed by atoms with Crippen LogP contribution >= 0.6 is 0 Å². The van der Waals surface area contributed by atoms with Gasteiger partial charge in [0, 0.05) is 20.5 Å². The summed E-state index contributed by atoms with van der Waals surface area (Å²) >= 11 is 0. The highest BCUT2D eigenvalue weighted by molar-refractivity contribution is 5.75. The summed E-state index contributed by atoms with van der Waals surface area (Å²) in [4.78, 5) is 11.4. The first-order chi connectivity index (χ1) is 9.00. The highest BCUT2D eigenvalue weighted by Gasteiger charge is 2.07. The first kappa shape index (κ1) is 15.5. The van der Waals surface area contributed by atoms with Crippen LogP contribution in [0.1, 0.15) is 38.2 Å². The minimum atomic E-state index is 0.0192. The average molecular weight is 264 g/mol. The van der Waals surface area contributed by atoms with Gasteiger partial charge in [0.1, 0.15) is 5.75 Å². The van der Waals surface area contributed by atoms with E-state index in [-0.39, 0.29) is 5.91 Å². The van der Waals surface area contributed by atoms with Gasteiger partial charge in [0.2, 0.25) is 5.91 Å². The molecule has 0 saturated heterocycles. The lowest BCUT2D eigenvalue weighted by molar-refractivity contribution is -0.125. The zero-order valence-corrected chi connectivity index (χ0v) is 12.3. The van der Waals surface area contributed by atoms with Crippen molar-refractivity contribution in [1.29, 1.82) is 0 Å². The molecule has 0 aliphatic rings. The second-order valence-electron chi connectivity index (χ2n) is 5.07. The van der Waals surface area contributed by atoms with Crippen LogP contribution in [0, 0.1) is 0 Å². The van der Waals surface area contributed by atoms with Crippen molar-refractivity contribution in [3.63, 3.8) is 0 Å². The highest BCUT2D eigenvalue weighted by Crippen LogP contribution is 2.25. The van der Waals surface area contributed by atoms with E-state index in [2.05, 4.69) is 25.3 Å². The van der Waals surface area contributed by atoms with Gasteiger partial charge in [0.15, 0.2) is 0 Å². The van der Waals surface area contributed by atoms with Gasteiger partial charge in [0.25, 0.3) is 0 Å². The Hall–Kier alpha value is -1.55. The lowest BCUT2D eigenvalue weighted by Gasteiger charge is -2.14. The van der Waals surface area contributed by atoms with Crippen molar-refractivity contribution >= 4 is 5.91 Å². The number of nitrogens with one attached hydrogen (secondary N) is 1. The smallest absolute Gasteiger partial charge is 0.234 e. The van der Waals surface area contributed by atoms with E-state index in [0.29, 0.717) is 25.4 Å². The SMILES string of the molecule is CC(C)c1ccccc1OCCCC(=O)NN(C)C. The molecular formula is C15H24N2O2. The summed E-state index contributed by atoms with van der Waals surface area (Å²) in [5, 5.41) is 1.65. The number of hydrogen-bond donors (Lipinski definition) is 1. The molecule has 0 heterocycles. The highest BCUT2D eigenvalue weighted by atomic mass is 16.5. The predicted molar refractivity (Wildman–Crippen MR) is 77.1 cm³/mol. The van der Waals surface area contributed by atoms with Crippen LogP contribution in [-0.2, 0) is 4.79 Å². The van der Waals surface area contributed by atoms with E-state index in [1.165, 1.54) is 5.56 Å². The molecule has 4 heteroatoms. The first-order valence-corrected chi connectivity index (χ1v) is 6.69. The van der Waals surface area contributed by atoms with E-state index < -0.39 is 0 Å². The Bertz CT molecular complexity index is 403. The molecule has 1 rings (SSSR count). The van der Waals surface area contributed by atoms with Crippen molar-refractivity contribution in [2.24, 2.45) is 0 Å². The van der Waals surface area contributed by atoms with Crippen LogP contribution in [0.5, 0.6) is 5.75 Å². The van der Waals surface area contributed by atoms with E-state index in [0.717, 1.165) is 5.75 Å². The molecule has 106 valence electrons. The second-order valence-corrected chi connectivity index (χ2v) is 5.07. The number of nitrogens with zero attached hydrogens (tertiary/aromatic N) is 1. The Kier molecular flexibility index (Phi) is 6.36. The summed E-state index contributed by atoms with van der Waals surface area (Å²) in [5.74, 6) is 1.38. The number of amides is 1. The molecule has 1 aromatic carbocycles. The van der Waals surface area contributed by atoms with Gasteiger partial charge >= 0.3 is 0 Å². The number of hydrogen-bond acceptors (Lipinski definition) is 3. The van der Waals surface area contributed by atoms with E-state index in [1.54, 1.807) is 19.1 Å². The Morgan fingerprint density at radius 2 is 2.00 bits per heavy atom. The van der Waals surface area contributed by atoms with Gasteiger partial charge in [-0.15, -0.1) is 0 Å². The molecule has 1 amide bonds. The third-order valence-corrected chi connectivity index (χ3v) is 2.70. The molecule has 1 N–H and O–H groups in total. The molecule has 0 spiro atoms. The molecule has 0 aromatic heterocycles. The number of hydrazine groups is 1. The number of rotatable bonds is 7. The van der Waals surface area contributed by atoms with Crippen molar-refractivity contribution in [3.05, 3.63) is 29.8 Å². The Morgan fingerprint density at radius 3 is 2.63 bits per heavy atom. The molecule has 19 heavy (non-hydrogen) atoms. The zero-order valence-electron chi connectivity index (χ0n) is 12.3. The monoisotopic (exact) mass is 264 g/mol. The van der Waals surface area contributed by atoms with Crippen LogP contribution in [0.25, 0.3) is 0 Å². The predicted octanol–water partition coefficient (Wildman–Crippen LogP) is 2.56. The van der Waals surface area contributed by atoms with Crippen LogP contribution < -0.4 is 10.2 Å². The molecule has 1 aromatic rings. The quantitative estimate of drug-likeness (QED) is 0.608. The summed E-state index contributed by atoms with van der Waals surface area (Å²) in [6.45, 7) is 4.85. The fraction of sp³-hybridized carbons (Fsp3) is 0.533. The topological polar surface area (TPSA) is 41.6 Å². The van der Waals surface area contributed by atoms with Crippen molar-refractivity contribution < 1.29 is 9.53 Å². The maximum Gasteiger partial charge on any atom is 0.234 e. The minimum absolute atomic E-state index is 0.0192. The summed E-state index contributed by atoms with van der Waals surface area (Å²) in [6.07, 6.45) is 1.19. The molecule has 0 bridgehead atoms. The van der Waals surface area contributed by atoms with Crippen LogP contribution in [0.3, 0.4) is 0 Å². The van der Waals surface area contributed by atoms with Crippen molar-refractivity contribution in [1.82, 2.24) is 10.4 Å². The van der Waals surface area contributed by atoms with Crippen molar-refractivity contribution in [2.75, 3.05) is 20.7 Å². The third kappa shape index (κ3) is 5.75. The molecule has 0 radical (unpaired) electrons. The third-order valence-electron chi connectivity index (χ3n) is 2.70. The van der Waals surface area contributed by atoms with Crippen LogP contribution in [-0.4, -0.2) is 31.6 Å². The lowest BCUT2D eigenvalue weighted by Crippen LogP contribution is -2.36. The van der Waals surface area contributed by atoms with Crippen molar-refractivity contribution in [3.8, 4) is 5.75 Å². The normalized spacial score (nSPS) is 10.8. The second kappa shape index (κ2) is 7.79. The number of carbonyl (C=O) groups is 1. The van der Waals surface area contributed by atoms with E-state index in [1.807, 2.05) is 18.2 Å². The fourth-order valence-corrected chi connectivity index (χ4v) is 1.81. The minimum Gasteiger partial charge on any atom is -0.493 e. The van der Waals surface area contributed by atoms with Crippen molar-refractivity contribution in [2.45, 2.75) is 32.6 Å². The van der Waals surface area contributed by atoms with E-state index in [4.69, 9.17) is 4.74 Å². The maximum atomic E-state index is 11.4. The fourth-order valence-electron chi connectivity index (χ4n) is 1.81. The van der Waals surface area contributed by atoms with Crippen LogP contribution in [0.4, 0.5) is 0 Å². The Labute approximate surface area is 115 Å². The summed E-state index contributed by atoms with van der Waals surface area (Å²) in [7, 11) is 3.60. The van der Waals surface area contributed by atoms with Crippen LogP contribution in [0.2, 0.25) is 0 Å². The first-order valence-electron chi connectivity index (χ1n) is 6.69. The van der Waals surface area contributed by atoms with Gasteiger partial charge in [-0.25, -0.2) is 5.01 Å². The lowest BCUT2D eigenvalue weighted by atomic mass is 10.0. The van der Waals surface area contributed by atoms with Gasteiger partial charge < -0.3 is 4.74 Å². The Balaban J connectivity index is 2.36. The van der Waals surface area contributed by atoms with Gasteiger partial charge in [-0.05, 0) is 24.0 Å². The Morgan fingerprint density at radius 1 is 1.32 bits per heavy atom. The molecule has 0 aliphatic heterocycles. The van der Waals surface area contributed by atoms with Crippen LogP contribution in [0.15, 0.2) is 24.3 Å². The molecule has 0 atom stereocenters. The standard InChI is InChI=1S/C15H24N2O2/c1-12(2)13-8-5-6-9-14(13)19-11-7-10-15(18)16-17(3)4/h5-6,8-9,12H,7,10-11H2,1-4H3,(H,16,18). The summed E-state index contributed by atoms with van der Waals surface area (Å²) in [5.41, 5.74) is 3.92. The summed E-state index contributed by atoms with van der Waals surface area (Å²) in [6, 6.07) is 8.06.